The Morgan fingerprint density at radius 3 is 2.94 bits per heavy atom. The molecule has 4 N–H and O–H groups in total. The number of carbonyl (C=O) groups is 1. The number of aliphatic hydroxyl groups excluding tert-OH is 1. The van der Waals surface area contributed by atoms with Gasteiger partial charge in [-0.1, -0.05) is 0 Å². The van der Waals surface area contributed by atoms with E-state index in [-0.39, 0.29) is 17.9 Å². The molecular formula is C10H15N3O2S. The summed E-state index contributed by atoms with van der Waals surface area (Å²) in [5, 5.41) is 13.8. The number of rotatable bonds is 5. The second kappa shape index (κ2) is 4.39. The predicted molar refractivity (Wildman–Crippen MR) is 62.2 cm³/mol. The van der Waals surface area contributed by atoms with Gasteiger partial charge in [-0.25, -0.2) is 4.98 Å². The second-order valence-corrected chi connectivity index (χ2v) is 5.12. The van der Waals surface area contributed by atoms with Crippen LogP contribution in [0.5, 0.6) is 0 Å². The van der Waals surface area contributed by atoms with Crippen molar-refractivity contribution in [1.29, 1.82) is 0 Å². The van der Waals surface area contributed by atoms with Gasteiger partial charge in [-0.2, -0.15) is 0 Å². The Kier molecular flexibility index (Phi) is 3.11. The summed E-state index contributed by atoms with van der Waals surface area (Å²) in [4.78, 5) is 15.6. The van der Waals surface area contributed by atoms with E-state index in [1.807, 2.05) is 0 Å². The molecule has 6 heteroatoms. The number of aromatic nitrogens is 1. The second-order valence-electron chi connectivity index (χ2n) is 4.23. The number of nitrogens with zero attached hydrogens (tertiary/aromatic N) is 1. The molecule has 5 nitrogen and oxygen atoms in total. The van der Waals surface area contributed by atoms with E-state index in [4.69, 9.17) is 10.8 Å². The average molecular weight is 241 g/mol. The lowest BCUT2D eigenvalue weighted by Crippen LogP contribution is -2.30. The maximum atomic E-state index is 11.7. The minimum Gasteiger partial charge on any atom is -0.396 e. The van der Waals surface area contributed by atoms with Crippen molar-refractivity contribution in [1.82, 2.24) is 10.3 Å². The van der Waals surface area contributed by atoms with E-state index in [1.54, 1.807) is 5.38 Å². The van der Waals surface area contributed by atoms with Crippen LogP contribution in [0.2, 0.25) is 0 Å². The maximum Gasteiger partial charge on any atom is 0.270 e. The third kappa shape index (κ3) is 2.51. The summed E-state index contributed by atoms with van der Waals surface area (Å²) in [6.07, 6.45) is 2.91. The van der Waals surface area contributed by atoms with Gasteiger partial charge in [0, 0.05) is 18.5 Å². The van der Waals surface area contributed by atoms with Crippen LogP contribution < -0.4 is 11.1 Å². The number of carbonyl (C=O) groups excluding carboxylic acids is 1. The van der Waals surface area contributed by atoms with E-state index >= 15 is 0 Å². The molecule has 0 unspecified atom stereocenters. The average Bonchev–Trinajstić information content (AvgIpc) is 2.89. The predicted octanol–water partition coefficient (Wildman–Crippen LogP) is 0.618. The Bertz CT molecular complexity index is 387. The molecular weight excluding hydrogens is 226 g/mol. The zero-order chi connectivity index (χ0) is 11.6. The summed E-state index contributed by atoms with van der Waals surface area (Å²) in [6.45, 7) is 0.795. The minimum atomic E-state index is -0.183. The molecule has 1 aromatic heterocycles. The molecule has 1 aromatic rings. The Labute approximate surface area is 97.7 Å². The number of nitrogen functional groups attached to an aromatic ring is 1. The third-order valence-corrected chi connectivity index (χ3v) is 3.65. The van der Waals surface area contributed by atoms with Crippen molar-refractivity contribution < 1.29 is 9.90 Å². The fraction of sp³-hybridized carbons (Fsp3) is 0.600. The van der Waals surface area contributed by atoms with Crippen molar-refractivity contribution in [2.24, 2.45) is 5.41 Å². The molecule has 0 bridgehead atoms. The molecule has 1 aliphatic carbocycles. The summed E-state index contributed by atoms with van der Waals surface area (Å²) in [6, 6.07) is 0. The highest BCUT2D eigenvalue weighted by molar-refractivity contribution is 7.13. The number of aliphatic hydroxyl groups is 1. The number of nitrogens with two attached hydrogens (primary N) is 1. The number of hydrogen-bond acceptors (Lipinski definition) is 5. The van der Waals surface area contributed by atoms with Crippen molar-refractivity contribution in [3.8, 4) is 0 Å². The van der Waals surface area contributed by atoms with Gasteiger partial charge in [0.2, 0.25) is 0 Å². The van der Waals surface area contributed by atoms with Gasteiger partial charge >= 0.3 is 0 Å². The zero-order valence-electron chi connectivity index (χ0n) is 8.90. The number of thiazole rings is 1. The fourth-order valence-corrected chi connectivity index (χ4v) is 2.22. The molecule has 1 amide bonds. The minimum absolute atomic E-state index is 0.131. The van der Waals surface area contributed by atoms with E-state index in [1.165, 1.54) is 11.3 Å². The molecule has 88 valence electrons. The van der Waals surface area contributed by atoms with Gasteiger partial charge in [0.05, 0.1) is 0 Å². The van der Waals surface area contributed by atoms with Crippen molar-refractivity contribution in [3.05, 3.63) is 11.1 Å². The van der Waals surface area contributed by atoms with Crippen molar-refractivity contribution >= 4 is 22.4 Å². The van der Waals surface area contributed by atoms with Gasteiger partial charge < -0.3 is 16.2 Å². The van der Waals surface area contributed by atoms with Crippen molar-refractivity contribution in [2.45, 2.75) is 19.3 Å². The van der Waals surface area contributed by atoms with Crippen LogP contribution in [0, 0.1) is 5.41 Å². The monoisotopic (exact) mass is 241 g/mol. The molecule has 0 saturated heterocycles. The number of hydrogen-bond donors (Lipinski definition) is 3. The van der Waals surface area contributed by atoms with Crippen LogP contribution in [0.4, 0.5) is 5.13 Å². The summed E-state index contributed by atoms with van der Waals surface area (Å²) in [5.74, 6) is -0.183. The van der Waals surface area contributed by atoms with Gasteiger partial charge in [-0.05, 0) is 24.7 Å². The molecule has 0 spiro atoms. The van der Waals surface area contributed by atoms with Crippen LogP contribution in [0.3, 0.4) is 0 Å². The van der Waals surface area contributed by atoms with Gasteiger partial charge in [-0.3, -0.25) is 4.79 Å². The number of nitrogens with one attached hydrogen (secondary N) is 1. The molecule has 0 atom stereocenters. The molecule has 1 aliphatic rings. The van der Waals surface area contributed by atoms with Gasteiger partial charge in [-0.15, -0.1) is 11.3 Å². The molecule has 1 heterocycles. The van der Waals surface area contributed by atoms with Crippen LogP contribution in [0.1, 0.15) is 29.8 Å². The number of anilines is 1. The highest BCUT2D eigenvalue weighted by Gasteiger charge is 2.41. The number of amides is 1. The lowest BCUT2D eigenvalue weighted by molar-refractivity contribution is 0.0936. The lowest BCUT2D eigenvalue weighted by atomic mass is 10.0. The van der Waals surface area contributed by atoms with Gasteiger partial charge in [0.1, 0.15) is 5.69 Å². The van der Waals surface area contributed by atoms with Crippen LogP contribution in [0.25, 0.3) is 0 Å². The zero-order valence-corrected chi connectivity index (χ0v) is 9.72. The first-order valence-corrected chi connectivity index (χ1v) is 6.13. The van der Waals surface area contributed by atoms with Crippen molar-refractivity contribution in [3.63, 3.8) is 0 Å². The van der Waals surface area contributed by atoms with E-state index in [0.29, 0.717) is 17.4 Å². The molecule has 0 radical (unpaired) electrons. The van der Waals surface area contributed by atoms with Crippen LogP contribution >= 0.6 is 11.3 Å². The Morgan fingerprint density at radius 2 is 2.44 bits per heavy atom. The maximum absolute atomic E-state index is 11.7. The highest BCUT2D eigenvalue weighted by Crippen LogP contribution is 2.47. The molecule has 16 heavy (non-hydrogen) atoms. The summed E-state index contributed by atoms with van der Waals surface area (Å²) in [5.41, 5.74) is 5.96. The van der Waals surface area contributed by atoms with Gasteiger partial charge in [0.25, 0.3) is 5.91 Å². The normalized spacial score (nSPS) is 17.1. The van der Waals surface area contributed by atoms with E-state index < -0.39 is 0 Å². The SMILES string of the molecule is Nc1nc(C(=O)NCC2(CCO)CC2)cs1. The molecule has 1 fully saturated rings. The van der Waals surface area contributed by atoms with Crippen LogP contribution in [0.15, 0.2) is 5.38 Å². The van der Waals surface area contributed by atoms with E-state index in [0.717, 1.165) is 19.3 Å². The van der Waals surface area contributed by atoms with Crippen LogP contribution in [-0.4, -0.2) is 29.1 Å². The highest BCUT2D eigenvalue weighted by atomic mass is 32.1. The molecule has 1 saturated carbocycles. The summed E-state index contributed by atoms with van der Waals surface area (Å²) >= 11 is 1.26. The lowest BCUT2D eigenvalue weighted by Gasteiger charge is -2.13. The Hall–Kier alpha value is -1.14. The van der Waals surface area contributed by atoms with Crippen molar-refractivity contribution in [2.75, 3.05) is 18.9 Å². The molecule has 0 aromatic carbocycles. The topological polar surface area (TPSA) is 88.2 Å². The quantitative estimate of drug-likeness (QED) is 0.705. The van der Waals surface area contributed by atoms with E-state index in [2.05, 4.69) is 10.3 Å². The standard InChI is InChI=1S/C10H15N3O2S/c11-9-13-7(5-16-9)8(15)12-6-10(1-2-10)3-4-14/h5,14H,1-4,6H2,(H2,11,13)(H,12,15). The van der Waals surface area contributed by atoms with E-state index in [9.17, 15) is 4.79 Å². The van der Waals surface area contributed by atoms with Crippen LogP contribution in [-0.2, 0) is 0 Å². The van der Waals surface area contributed by atoms with Gasteiger partial charge in [0.15, 0.2) is 5.13 Å². The fourth-order valence-electron chi connectivity index (χ4n) is 1.68. The first-order chi connectivity index (χ1) is 7.65. The first kappa shape index (κ1) is 11.3. The molecule has 0 aliphatic heterocycles. The summed E-state index contributed by atoms with van der Waals surface area (Å²) < 4.78 is 0. The largest absolute Gasteiger partial charge is 0.396 e. The summed E-state index contributed by atoms with van der Waals surface area (Å²) in [7, 11) is 0. The third-order valence-electron chi connectivity index (χ3n) is 2.98. The Morgan fingerprint density at radius 1 is 1.69 bits per heavy atom. The first-order valence-electron chi connectivity index (χ1n) is 5.25. The molecule has 2 rings (SSSR count). The Balaban J connectivity index is 1.84. The smallest absolute Gasteiger partial charge is 0.270 e.